The van der Waals surface area contributed by atoms with Gasteiger partial charge in [-0.2, -0.15) is 0 Å². The minimum absolute atomic E-state index is 0.222. The van der Waals surface area contributed by atoms with E-state index in [0.717, 1.165) is 8.66 Å². The van der Waals surface area contributed by atoms with E-state index in [4.69, 9.17) is 5.11 Å². The Hall–Kier alpha value is -1.28. The molecule has 0 bridgehead atoms. The summed E-state index contributed by atoms with van der Waals surface area (Å²) in [7, 11) is 0. The zero-order chi connectivity index (χ0) is 13.3. The van der Waals surface area contributed by atoms with E-state index in [9.17, 15) is 4.79 Å². The van der Waals surface area contributed by atoms with Crippen molar-refractivity contribution in [1.82, 2.24) is 20.2 Å². The first-order valence-corrected chi connectivity index (χ1v) is 6.76. The topological polar surface area (TPSA) is 80.9 Å². The molecule has 0 saturated heterocycles. The third kappa shape index (κ3) is 2.59. The highest BCUT2D eigenvalue weighted by molar-refractivity contribution is 9.11. The first kappa shape index (κ1) is 13.2. The molecule has 0 amide bonds. The van der Waals surface area contributed by atoms with E-state index in [1.165, 1.54) is 16.0 Å². The van der Waals surface area contributed by atoms with Gasteiger partial charge in [-0.25, -0.2) is 4.68 Å². The molecule has 0 aromatic carbocycles. The highest BCUT2D eigenvalue weighted by Gasteiger charge is 2.29. The van der Waals surface area contributed by atoms with Crippen LogP contribution in [0.25, 0.3) is 10.7 Å². The summed E-state index contributed by atoms with van der Waals surface area (Å²) in [5.41, 5.74) is -0.918. The number of aromatic nitrogens is 4. The molecule has 0 atom stereocenters. The van der Waals surface area contributed by atoms with Crippen molar-refractivity contribution < 1.29 is 9.90 Å². The molecule has 0 spiro atoms. The van der Waals surface area contributed by atoms with Crippen LogP contribution in [0.3, 0.4) is 0 Å². The Balaban J connectivity index is 2.32. The highest BCUT2D eigenvalue weighted by atomic mass is 79.9. The second kappa shape index (κ2) is 4.77. The first-order valence-electron chi connectivity index (χ1n) is 5.15. The van der Waals surface area contributed by atoms with Crippen LogP contribution in [0.1, 0.15) is 13.8 Å². The molecule has 96 valence electrons. The highest BCUT2D eigenvalue weighted by Crippen LogP contribution is 2.30. The molecule has 18 heavy (non-hydrogen) atoms. The van der Waals surface area contributed by atoms with Crippen LogP contribution in [0.15, 0.2) is 15.9 Å². The molecule has 6 nitrogen and oxygen atoms in total. The van der Waals surface area contributed by atoms with Gasteiger partial charge < -0.3 is 5.11 Å². The van der Waals surface area contributed by atoms with Crippen LogP contribution in [-0.4, -0.2) is 31.3 Å². The number of aliphatic carboxylic acids is 1. The average Bonchev–Trinajstić information content (AvgIpc) is 2.86. The molecular formula is C10H11BrN4O2S. The number of halogens is 1. The molecule has 0 aliphatic heterocycles. The van der Waals surface area contributed by atoms with Gasteiger partial charge in [0, 0.05) is 0 Å². The molecule has 0 unspecified atom stereocenters. The molecule has 2 heterocycles. The lowest BCUT2D eigenvalue weighted by molar-refractivity contribution is -0.147. The van der Waals surface area contributed by atoms with Gasteiger partial charge in [0.2, 0.25) is 0 Å². The van der Waals surface area contributed by atoms with Crippen LogP contribution in [0.5, 0.6) is 0 Å². The van der Waals surface area contributed by atoms with Gasteiger partial charge in [-0.3, -0.25) is 4.79 Å². The van der Waals surface area contributed by atoms with E-state index < -0.39 is 11.4 Å². The second-order valence-electron chi connectivity index (χ2n) is 4.45. The summed E-state index contributed by atoms with van der Waals surface area (Å²) in [5, 5.41) is 20.5. The van der Waals surface area contributed by atoms with Gasteiger partial charge in [0.1, 0.15) is 0 Å². The standard InChI is InChI=1S/C10H11BrN4O2S/c1-10(2,9(16)17)5-15-8(12-13-14-15)6-3-4-7(11)18-6/h3-4H,5H2,1-2H3,(H,16,17). The molecule has 2 aromatic rings. The number of carboxylic acids is 1. The number of nitrogens with zero attached hydrogens (tertiary/aromatic N) is 4. The molecule has 0 aliphatic rings. The van der Waals surface area contributed by atoms with Gasteiger partial charge in [-0.05, 0) is 52.3 Å². The maximum Gasteiger partial charge on any atom is 0.310 e. The van der Waals surface area contributed by atoms with Gasteiger partial charge in [-0.15, -0.1) is 16.4 Å². The molecule has 0 radical (unpaired) electrons. The van der Waals surface area contributed by atoms with Crippen LogP contribution in [0.2, 0.25) is 0 Å². The Morgan fingerprint density at radius 1 is 1.56 bits per heavy atom. The third-order valence-corrected chi connectivity index (χ3v) is 4.07. The maximum atomic E-state index is 11.1. The van der Waals surface area contributed by atoms with Crippen molar-refractivity contribution in [1.29, 1.82) is 0 Å². The van der Waals surface area contributed by atoms with Gasteiger partial charge >= 0.3 is 5.97 Å². The van der Waals surface area contributed by atoms with Gasteiger partial charge in [0.25, 0.3) is 0 Å². The fraction of sp³-hybridized carbons (Fsp3) is 0.400. The van der Waals surface area contributed by atoms with E-state index in [-0.39, 0.29) is 6.54 Å². The lowest BCUT2D eigenvalue weighted by Gasteiger charge is -2.18. The van der Waals surface area contributed by atoms with Crippen LogP contribution < -0.4 is 0 Å². The van der Waals surface area contributed by atoms with E-state index in [0.29, 0.717) is 5.82 Å². The molecule has 0 saturated carbocycles. The Morgan fingerprint density at radius 3 is 2.83 bits per heavy atom. The molecule has 8 heteroatoms. The summed E-state index contributed by atoms with van der Waals surface area (Å²) >= 11 is 4.87. The number of tetrazole rings is 1. The Labute approximate surface area is 116 Å². The Morgan fingerprint density at radius 2 is 2.28 bits per heavy atom. The smallest absolute Gasteiger partial charge is 0.310 e. The number of rotatable bonds is 4. The molecule has 1 N–H and O–H groups in total. The zero-order valence-electron chi connectivity index (χ0n) is 9.79. The normalized spacial score (nSPS) is 11.7. The lowest BCUT2D eigenvalue weighted by Crippen LogP contribution is -2.30. The first-order chi connectivity index (χ1) is 8.40. The second-order valence-corrected chi connectivity index (χ2v) is 6.92. The van der Waals surface area contributed by atoms with Crippen molar-refractivity contribution in [2.45, 2.75) is 20.4 Å². The third-order valence-electron chi connectivity index (χ3n) is 2.45. The molecule has 0 fully saturated rings. The maximum absolute atomic E-state index is 11.1. The fourth-order valence-electron chi connectivity index (χ4n) is 1.36. The average molecular weight is 331 g/mol. The number of thiophene rings is 1. The van der Waals surface area contributed by atoms with Gasteiger partial charge in [0.05, 0.1) is 20.6 Å². The predicted octanol–water partition coefficient (Wildman–Crippen LogP) is 2.27. The van der Waals surface area contributed by atoms with Crippen LogP contribution in [0, 0.1) is 5.41 Å². The molecule has 0 aliphatic carbocycles. The fourth-order valence-corrected chi connectivity index (χ4v) is 2.74. The summed E-state index contributed by atoms with van der Waals surface area (Å²) in [5.74, 6) is -0.295. The predicted molar refractivity (Wildman–Crippen MR) is 70.2 cm³/mol. The van der Waals surface area contributed by atoms with Gasteiger partial charge in [-0.1, -0.05) is 0 Å². The Bertz CT molecular complexity index is 578. The summed E-state index contributed by atoms with van der Waals surface area (Å²) in [6.07, 6.45) is 0. The lowest BCUT2D eigenvalue weighted by atomic mass is 9.94. The van der Waals surface area contributed by atoms with Gasteiger partial charge in [0.15, 0.2) is 5.82 Å². The number of hydrogen-bond acceptors (Lipinski definition) is 5. The van der Waals surface area contributed by atoms with Crippen molar-refractivity contribution in [3.8, 4) is 10.7 Å². The molecule has 2 aromatic heterocycles. The van der Waals surface area contributed by atoms with Crippen molar-refractivity contribution in [2.75, 3.05) is 0 Å². The van der Waals surface area contributed by atoms with Crippen LogP contribution >= 0.6 is 27.3 Å². The summed E-state index contributed by atoms with van der Waals surface area (Å²) < 4.78 is 2.50. The summed E-state index contributed by atoms with van der Waals surface area (Å²) in [6.45, 7) is 3.51. The zero-order valence-corrected chi connectivity index (χ0v) is 12.2. The van der Waals surface area contributed by atoms with Crippen molar-refractivity contribution in [3.63, 3.8) is 0 Å². The van der Waals surface area contributed by atoms with Crippen molar-refractivity contribution >= 4 is 33.2 Å². The monoisotopic (exact) mass is 330 g/mol. The van der Waals surface area contributed by atoms with E-state index in [2.05, 4.69) is 31.5 Å². The molecule has 2 rings (SSSR count). The SMILES string of the molecule is CC(C)(Cn1nnnc1-c1ccc(Br)s1)C(=O)O. The van der Waals surface area contributed by atoms with E-state index in [1.807, 2.05) is 12.1 Å². The van der Waals surface area contributed by atoms with E-state index in [1.54, 1.807) is 13.8 Å². The van der Waals surface area contributed by atoms with Crippen molar-refractivity contribution in [2.24, 2.45) is 5.41 Å². The molecular weight excluding hydrogens is 320 g/mol. The number of carbonyl (C=O) groups is 1. The minimum Gasteiger partial charge on any atom is -0.481 e. The van der Waals surface area contributed by atoms with E-state index >= 15 is 0 Å². The largest absolute Gasteiger partial charge is 0.481 e. The number of hydrogen-bond donors (Lipinski definition) is 1. The van der Waals surface area contributed by atoms with Crippen LogP contribution in [-0.2, 0) is 11.3 Å². The number of carboxylic acid groups (broad SMARTS) is 1. The van der Waals surface area contributed by atoms with Crippen LogP contribution in [0.4, 0.5) is 0 Å². The summed E-state index contributed by atoms with van der Waals surface area (Å²) in [4.78, 5) is 12.0. The quantitative estimate of drug-likeness (QED) is 0.929. The van der Waals surface area contributed by atoms with Crippen molar-refractivity contribution in [3.05, 3.63) is 15.9 Å². The minimum atomic E-state index is -0.918. The Kier molecular flexibility index (Phi) is 3.49. The summed E-state index contributed by atoms with van der Waals surface area (Å²) in [6, 6.07) is 3.80.